The Morgan fingerprint density at radius 2 is 1.77 bits per heavy atom. The van der Waals surface area contributed by atoms with Gasteiger partial charge in [0.15, 0.2) is 11.5 Å². The Kier molecular flexibility index (Phi) is 5.51. The van der Waals surface area contributed by atoms with Gasteiger partial charge < -0.3 is 19.3 Å². The van der Waals surface area contributed by atoms with Gasteiger partial charge in [-0.2, -0.15) is 0 Å². The maximum absolute atomic E-state index is 12.6. The van der Waals surface area contributed by atoms with Crippen LogP contribution in [0.4, 0.5) is 5.69 Å². The maximum atomic E-state index is 12.6. The summed E-state index contributed by atoms with van der Waals surface area (Å²) in [4.78, 5) is 17.1. The molecule has 5 heteroatoms. The molecule has 0 radical (unpaired) electrons. The fourth-order valence-electron chi connectivity index (χ4n) is 4.44. The Morgan fingerprint density at radius 1 is 0.962 bits per heavy atom. The van der Waals surface area contributed by atoms with Crippen molar-refractivity contribution in [2.45, 2.75) is 44.9 Å². The topological polar surface area (TPSA) is 42.0 Å². The molecule has 2 heterocycles. The molecule has 142 valence electrons. The summed E-state index contributed by atoms with van der Waals surface area (Å²) in [6, 6.07) is 6.18. The van der Waals surface area contributed by atoms with E-state index >= 15 is 0 Å². The van der Waals surface area contributed by atoms with Crippen molar-refractivity contribution in [2.75, 3.05) is 44.3 Å². The van der Waals surface area contributed by atoms with E-state index in [-0.39, 0.29) is 0 Å². The van der Waals surface area contributed by atoms with Gasteiger partial charge in [0.25, 0.3) is 0 Å². The molecule has 1 aromatic carbocycles. The lowest BCUT2D eigenvalue weighted by Crippen LogP contribution is -2.35. The highest BCUT2D eigenvalue weighted by atomic mass is 16.6. The monoisotopic (exact) mass is 358 g/mol. The predicted octanol–water partition coefficient (Wildman–Crippen LogP) is 3.47. The van der Waals surface area contributed by atoms with Crippen LogP contribution in [0.15, 0.2) is 18.2 Å². The van der Waals surface area contributed by atoms with Crippen molar-refractivity contribution < 1.29 is 14.3 Å². The summed E-state index contributed by atoms with van der Waals surface area (Å²) >= 11 is 0. The van der Waals surface area contributed by atoms with Gasteiger partial charge in [0.05, 0.1) is 0 Å². The van der Waals surface area contributed by atoms with Gasteiger partial charge in [0.2, 0.25) is 5.91 Å². The summed E-state index contributed by atoms with van der Waals surface area (Å²) in [7, 11) is 0. The lowest BCUT2D eigenvalue weighted by molar-refractivity contribution is -0.131. The number of benzene rings is 1. The van der Waals surface area contributed by atoms with E-state index in [1.54, 1.807) is 0 Å². The summed E-state index contributed by atoms with van der Waals surface area (Å²) in [6.07, 6.45) is 8.19. The van der Waals surface area contributed by atoms with E-state index in [0.29, 0.717) is 19.1 Å². The number of ether oxygens (including phenoxy) is 2. The summed E-state index contributed by atoms with van der Waals surface area (Å²) in [5, 5.41) is 0. The van der Waals surface area contributed by atoms with Crippen molar-refractivity contribution in [1.82, 2.24) is 4.90 Å². The Labute approximate surface area is 156 Å². The lowest BCUT2D eigenvalue weighted by Gasteiger charge is -2.26. The van der Waals surface area contributed by atoms with Gasteiger partial charge in [0.1, 0.15) is 13.2 Å². The van der Waals surface area contributed by atoms with Crippen molar-refractivity contribution in [2.24, 2.45) is 5.92 Å². The summed E-state index contributed by atoms with van der Waals surface area (Å²) in [5.74, 6) is 2.81. The Morgan fingerprint density at radius 3 is 2.62 bits per heavy atom. The standard InChI is InChI=1S/C21H30N2O3/c24-21(9-6-17-4-1-2-5-17)23-11-3-10-22(12-13-23)18-7-8-19-20(16-18)26-15-14-25-19/h7-8,16-17H,1-6,9-15H2. The molecule has 2 aliphatic heterocycles. The quantitative estimate of drug-likeness (QED) is 0.827. The van der Waals surface area contributed by atoms with Crippen LogP contribution in [0, 0.1) is 5.92 Å². The lowest BCUT2D eigenvalue weighted by atomic mass is 10.0. The van der Waals surface area contributed by atoms with Crippen LogP contribution in [0.25, 0.3) is 0 Å². The molecule has 0 atom stereocenters. The molecular weight excluding hydrogens is 328 g/mol. The molecule has 0 bridgehead atoms. The highest BCUT2D eigenvalue weighted by Crippen LogP contribution is 2.34. The first-order chi connectivity index (χ1) is 12.8. The molecule has 2 fully saturated rings. The zero-order valence-electron chi connectivity index (χ0n) is 15.6. The molecule has 1 amide bonds. The average molecular weight is 358 g/mol. The van der Waals surface area contributed by atoms with Crippen molar-refractivity contribution in [3.8, 4) is 11.5 Å². The minimum absolute atomic E-state index is 0.348. The fraction of sp³-hybridized carbons (Fsp3) is 0.667. The number of fused-ring (bicyclic) bond motifs is 1. The number of amides is 1. The minimum atomic E-state index is 0.348. The molecule has 1 aromatic rings. The number of hydrogen-bond acceptors (Lipinski definition) is 4. The SMILES string of the molecule is O=C(CCC1CCCC1)N1CCCN(c2ccc3c(c2)OCCO3)CC1. The fourth-order valence-corrected chi connectivity index (χ4v) is 4.44. The van der Waals surface area contributed by atoms with Gasteiger partial charge in [-0.05, 0) is 30.9 Å². The molecule has 1 saturated heterocycles. The molecule has 5 nitrogen and oxygen atoms in total. The maximum Gasteiger partial charge on any atom is 0.222 e. The third kappa shape index (κ3) is 4.08. The van der Waals surface area contributed by atoms with Gasteiger partial charge in [-0.25, -0.2) is 0 Å². The second-order valence-corrected chi connectivity index (χ2v) is 7.74. The zero-order chi connectivity index (χ0) is 17.8. The van der Waals surface area contributed by atoms with E-state index in [4.69, 9.17) is 9.47 Å². The number of nitrogens with zero attached hydrogens (tertiary/aromatic N) is 2. The van der Waals surface area contributed by atoms with E-state index in [9.17, 15) is 4.79 Å². The van der Waals surface area contributed by atoms with Crippen LogP contribution >= 0.6 is 0 Å². The molecule has 26 heavy (non-hydrogen) atoms. The van der Waals surface area contributed by atoms with Gasteiger partial charge in [-0.15, -0.1) is 0 Å². The number of carbonyl (C=O) groups excluding carboxylic acids is 1. The average Bonchev–Trinajstić information content (AvgIpc) is 3.08. The molecule has 0 aromatic heterocycles. The van der Waals surface area contributed by atoms with Crippen LogP contribution in [-0.2, 0) is 4.79 Å². The first-order valence-electron chi connectivity index (χ1n) is 10.2. The largest absolute Gasteiger partial charge is 0.486 e. The second-order valence-electron chi connectivity index (χ2n) is 7.74. The van der Waals surface area contributed by atoms with E-state index in [1.807, 2.05) is 6.07 Å². The highest BCUT2D eigenvalue weighted by molar-refractivity contribution is 5.76. The first kappa shape index (κ1) is 17.5. The first-order valence-corrected chi connectivity index (χ1v) is 10.2. The summed E-state index contributed by atoms with van der Waals surface area (Å²) in [5.41, 5.74) is 1.16. The molecule has 0 spiro atoms. The van der Waals surface area contributed by atoms with E-state index < -0.39 is 0 Å². The molecule has 0 unspecified atom stereocenters. The van der Waals surface area contributed by atoms with Crippen molar-refractivity contribution in [3.05, 3.63) is 18.2 Å². The van der Waals surface area contributed by atoms with Crippen molar-refractivity contribution >= 4 is 11.6 Å². The van der Waals surface area contributed by atoms with Gasteiger partial charge in [0, 0.05) is 44.4 Å². The van der Waals surface area contributed by atoms with E-state index in [1.165, 1.54) is 25.7 Å². The Balaban J connectivity index is 1.32. The highest BCUT2D eigenvalue weighted by Gasteiger charge is 2.22. The molecule has 0 N–H and O–H groups in total. The van der Waals surface area contributed by atoms with Crippen LogP contribution in [0.3, 0.4) is 0 Å². The molecule has 1 saturated carbocycles. The van der Waals surface area contributed by atoms with Crippen LogP contribution in [0.2, 0.25) is 0 Å². The molecule has 1 aliphatic carbocycles. The minimum Gasteiger partial charge on any atom is -0.486 e. The third-order valence-electron chi connectivity index (χ3n) is 5.98. The van der Waals surface area contributed by atoms with E-state index in [2.05, 4.69) is 21.9 Å². The van der Waals surface area contributed by atoms with Gasteiger partial charge >= 0.3 is 0 Å². The Bertz CT molecular complexity index is 628. The molecule has 3 aliphatic rings. The predicted molar refractivity (Wildman–Crippen MR) is 102 cm³/mol. The van der Waals surface area contributed by atoms with Gasteiger partial charge in [-0.3, -0.25) is 4.79 Å². The van der Waals surface area contributed by atoms with Crippen LogP contribution in [-0.4, -0.2) is 50.2 Å². The third-order valence-corrected chi connectivity index (χ3v) is 5.98. The second kappa shape index (κ2) is 8.19. The summed E-state index contributed by atoms with van der Waals surface area (Å²) < 4.78 is 11.3. The number of carbonyl (C=O) groups is 1. The summed E-state index contributed by atoms with van der Waals surface area (Å²) in [6.45, 7) is 4.79. The van der Waals surface area contributed by atoms with Crippen molar-refractivity contribution in [3.63, 3.8) is 0 Å². The molecular formula is C21H30N2O3. The number of rotatable bonds is 4. The Hall–Kier alpha value is -1.91. The van der Waals surface area contributed by atoms with Crippen LogP contribution in [0.1, 0.15) is 44.9 Å². The number of hydrogen-bond donors (Lipinski definition) is 0. The van der Waals surface area contributed by atoms with E-state index in [0.717, 1.165) is 68.5 Å². The van der Waals surface area contributed by atoms with Gasteiger partial charge in [-0.1, -0.05) is 25.7 Å². The molecule has 4 rings (SSSR count). The smallest absolute Gasteiger partial charge is 0.222 e. The zero-order valence-corrected chi connectivity index (χ0v) is 15.6. The van der Waals surface area contributed by atoms with Crippen LogP contribution in [0.5, 0.6) is 11.5 Å². The van der Waals surface area contributed by atoms with Crippen LogP contribution < -0.4 is 14.4 Å². The number of anilines is 1. The van der Waals surface area contributed by atoms with Crippen molar-refractivity contribution in [1.29, 1.82) is 0 Å². The normalized spacial score (nSPS) is 20.9.